The van der Waals surface area contributed by atoms with Gasteiger partial charge in [-0.2, -0.15) is 0 Å². The first-order valence-corrected chi connectivity index (χ1v) is 12.3. The first kappa shape index (κ1) is 25.8. The van der Waals surface area contributed by atoms with E-state index in [4.69, 9.17) is 10.5 Å². The molecule has 5 rings (SSSR count). The minimum Gasteiger partial charge on any atom is -0.481 e. The number of benzene rings is 2. The molecule has 2 aromatic carbocycles. The van der Waals surface area contributed by atoms with Gasteiger partial charge < -0.3 is 15.4 Å². The van der Waals surface area contributed by atoms with E-state index < -0.39 is 23.7 Å². The maximum atomic E-state index is 15.3. The number of primary amides is 1. The fourth-order valence-corrected chi connectivity index (χ4v) is 5.18. The van der Waals surface area contributed by atoms with Crippen molar-refractivity contribution < 1.29 is 22.7 Å². The molecule has 3 aromatic rings. The summed E-state index contributed by atoms with van der Waals surface area (Å²) in [5.74, 6) is 1.39. The molecule has 2 N–H and O–H groups in total. The molecular weight excluding hydrogens is 493 g/mol. The molecule has 1 unspecified atom stereocenters. The number of hydrogen-bond acceptors (Lipinski definition) is 5. The van der Waals surface area contributed by atoms with Crippen LogP contribution in [0.4, 0.5) is 13.2 Å². The van der Waals surface area contributed by atoms with Crippen LogP contribution in [0.25, 0.3) is 11.1 Å². The zero-order valence-electron chi connectivity index (χ0n) is 21.1. The van der Waals surface area contributed by atoms with E-state index >= 15 is 13.2 Å². The topological polar surface area (TPSA) is 71.7 Å². The van der Waals surface area contributed by atoms with Gasteiger partial charge in [-0.3, -0.25) is 9.69 Å². The van der Waals surface area contributed by atoms with E-state index in [9.17, 15) is 4.79 Å². The Labute approximate surface area is 219 Å². The second-order valence-electron chi connectivity index (χ2n) is 9.61. The van der Waals surface area contributed by atoms with Gasteiger partial charge in [0.15, 0.2) is 0 Å². The molecule has 38 heavy (non-hydrogen) atoms. The van der Waals surface area contributed by atoms with Crippen molar-refractivity contribution in [1.82, 2.24) is 14.8 Å². The average molecular weight is 521 g/mol. The molecule has 1 saturated heterocycles. The average Bonchev–Trinajstić information content (AvgIpc) is 3.18. The quantitative estimate of drug-likeness (QED) is 0.523. The second kappa shape index (κ2) is 10.1. The number of methoxy groups -OCH3 is 1. The summed E-state index contributed by atoms with van der Waals surface area (Å²) in [5, 5.41) is 0. The molecule has 0 spiro atoms. The first-order chi connectivity index (χ1) is 18.2. The van der Waals surface area contributed by atoms with Crippen molar-refractivity contribution in [3.8, 4) is 28.8 Å². The fraction of sp³-hybridized carbons (Fsp3) is 0.310. The van der Waals surface area contributed by atoms with Crippen molar-refractivity contribution in [2.24, 2.45) is 5.73 Å². The van der Waals surface area contributed by atoms with Gasteiger partial charge in [-0.25, -0.2) is 18.2 Å². The summed E-state index contributed by atoms with van der Waals surface area (Å²) in [6.07, 6.45) is 1.18. The summed E-state index contributed by atoms with van der Waals surface area (Å²) in [5.41, 5.74) is 6.80. The van der Waals surface area contributed by atoms with Crippen molar-refractivity contribution in [2.75, 3.05) is 40.3 Å². The highest BCUT2D eigenvalue weighted by Crippen LogP contribution is 2.51. The third-order valence-electron chi connectivity index (χ3n) is 7.22. The normalized spacial score (nSPS) is 18.9. The molecule has 2 aliphatic rings. The molecular formula is C29H27F3N4O2. The molecule has 1 aliphatic carbocycles. The molecule has 196 valence electrons. The number of halogens is 3. The lowest BCUT2D eigenvalue weighted by atomic mass is 9.91. The summed E-state index contributed by atoms with van der Waals surface area (Å²) in [4.78, 5) is 20.6. The van der Waals surface area contributed by atoms with Crippen LogP contribution in [0.1, 0.15) is 45.1 Å². The molecule has 1 aliphatic heterocycles. The molecule has 1 fully saturated rings. The number of likely N-dealkylation sites (N-methyl/N-ethyl adjacent to an activating group) is 1. The monoisotopic (exact) mass is 520 g/mol. The zero-order valence-corrected chi connectivity index (χ0v) is 21.1. The van der Waals surface area contributed by atoms with Crippen LogP contribution in [0.5, 0.6) is 5.88 Å². The molecule has 0 radical (unpaired) electrons. The van der Waals surface area contributed by atoms with Gasteiger partial charge in [0.2, 0.25) is 11.8 Å². The number of nitrogens with two attached hydrogens (primary N) is 1. The Morgan fingerprint density at radius 2 is 1.87 bits per heavy atom. The van der Waals surface area contributed by atoms with Crippen molar-refractivity contribution in [1.29, 1.82) is 0 Å². The van der Waals surface area contributed by atoms with Gasteiger partial charge in [-0.15, -0.1) is 0 Å². The number of hydrogen-bond donors (Lipinski definition) is 1. The second-order valence-corrected chi connectivity index (χ2v) is 9.61. The van der Waals surface area contributed by atoms with Crippen LogP contribution >= 0.6 is 0 Å². The van der Waals surface area contributed by atoms with Crippen LogP contribution in [0.3, 0.4) is 0 Å². The van der Waals surface area contributed by atoms with Gasteiger partial charge in [0.25, 0.3) is 5.92 Å². The lowest BCUT2D eigenvalue weighted by Gasteiger charge is -2.36. The third kappa shape index (κ3) is 4.85. The lowest BCUT2D eigenvalue weighted by molar-refractivity contribution is -0.0257. The Hall–Kier alpha value is -3.87. The van der Waals surface area contributed by atoms with Crippen molar-refractivity contribution in [2.45, 2.75) is 18.4 Å². The highest BCUT2D eigenvalue weighted by Gasteiger charge is 2.47. The van der Waals surface area contributed by atoms with Crippen LogP contribution in [0.2, 0.25) is 0 Å². The van der Waals surface area contributed by atoms with Gasteiger partial charge in [0, 0.05) is 73.2 Å². The Morgan fingerprint density at radius 1 is 1.11 bits per heavy atom. The Kier molecular flexibility index (Phi) is 6.86. The van der Waals surface area contributed by atoms with Crippen LogP contribution in [-0.2, 0) is 5.92 Å². The number of alkyl halides is 2. The number of amides is 1. The first-order valence-electron chi connectivity index (χ1n) is 12.3. The zero-order chi connectivity index (χ0) is 27.0. The number of nitrogens with zero attached hydrogens (tertiary/aromatic N) is 3. The SMILES string of the molecule is COc1cc(C#Cc2c(F)ccc(C(N)=O)c2-c2ccc3c(c2)C(F)(F)CC3N2CCN(C)CC2)ccn1. The van der Waals surface area contributed by atoms with E-state index in [1.165, 1.54) is 25.4 Å². The summed E-state index contributed by atoms with van der Waals surface area (Å²) in [6, 6.07) is 9.81. The Bertz CT molecular complexity index is 1460. The molecule has 1 amide bonds. The number of piperazine rings is 1. The highest BCUT2D eigenvalue weighted by atomic mass is 19.3. The van der Waals surface area contributed by atoms with Gasteiger partial charge in [-0.1, -0.05) is 24.0 Å². The molecule has 2 heterocycles. The van der Waals surface area contributed by atoms with Crippen molar-refractivity contribution in [3.63, 3.8) is 0 Å². The van der Waals surface area contributed by atoms with E-state index in [2.05, 4.69) is 26.6 Å². The number of carbonyl (C=O) groups is 1. The van der Waals surface area contributed by atoms with Crippen molar-refractivity contribution >= 4 is 5.91 Å². The number of pyridine rings is 1. The minimum atomic E-state index is -3.07. The van der Waals surface area contributed by atoms with Crippen LogP contribution in [-0.4, -0.2) is 61.0 Å². The number of aromatic nitrogens is 1. The molecule has 9 heteroatoms. The number of ether oxygens (including phenoxy) is 1. The predicted molar refractivity (Wildman–Crippen MR) is 137 cm³/mol. The summed E-state index contributed by atoms with van der Waals surface area (Å²) < 4.78 is 50.9. The molecule has 6 nitrogen and oxygen atoms in total. The predicted octanol–water partition coefficient (Wildman–Crippen LogP) is 4.18. The van der Waals surface area contributed by atoms with Gasteiger partial charge in [-0.05, 0) is 42.4 Å². The van der Waals surface area contributed by atoms with Crippen molar-refractivity contribution in [3.05, 3.63) is 82.3 Å². The maximum Gasteiger partial charge on any atom is 0.275 e. The lowest BCUT2D eigenvalue weighted by Crippen LogP contribution is -2.45. The summed E-state index contributed by atoms with van der Waals surface area (Å²) >= 11 is 0. The Balaban J connectivity index is 1.61. The van der Waals surface area contributed by atoms with Crippen LogP contribution in [0.15, 0.2) is 48.7 Å². The summed E-state index contributed by atoms with van der Waals surface area (Å²) in [6.45, 7) is 3.03. The number of fused-ring (bicyclic) bond motifs is 1. The minimum absolute atomic E-state index is 0.000102. The maximum absolute atomic E-state index is 15.3. The van der Waals surface area contributed by atoms with E-state index in [0.717, 1.165) is 19.2 Å². The molecule has 1 aromatic heterocycles. The fourth-order valence-electron chi connectivity index (χ4n) is 5.18. The smallest absolute Gasteiger partial charge is 0.275 e. The summed E-state index contributed by atoms with van der Waals surface area (Å²) in [7, 11) is 3.48. The van der Waals surface area contributed by atoms with E-state index in [0.29, 0.717) is 30.1 Å². The van der Waals surface area contributed by atoms with Crippen LogP contribution < -0.4 is 10.5 Å². The van der Waals surface area contributed by atoms with Gasteiger partial charge >= 0.3 is 0 Å². The molecule has 0 saturated carbocycles. The molecule has 0 bridgehead atoms. The number of rotatable bonds is 4. The van der Waals surface area contributed by atoms with E-state index in [1.54, 1.807) is 24.3 Å². The number of carbonyl (C=O) groups excluding carboxylic acids is 1. The van der Waals surface area contributed by atoms with Crippen LogP contribution in [0, 0.1) is 17.7 Å². The largest absolute Gasteiger partial charge is 0.481 e. The Morgan fingerprint density at radius 3 is 2.58 bits per heavy atom. The van der Waals surface area contributed by atoms with E-state index in [-0.39, 0.29) is 34.2 Å². The third-order valence-corrected chi connectivity index (χ3v) is 7.22. The highest BCUT2D eigenvalue weighted by molar-refractivity contribution is 6.01. The molecule has 1 atom stereocenters. The standard InChI is InChI=1S/C29H27F3N4O2/c1-35-11-13-36(14-12-35)25-17-29(31,32)23-16-19(4-6-20(23)25)27-21(24(30)8-7-22(27)28(33)37)5-3-18-9-10-34-26(15-18)38-2/h4,6-10,15-16,25H,11-14,17H2,1-2H3,(H2,33,37). The van der Waals surface area contributed by atoms with Gasteiger partial charge in [0.1, 0.15) is 5.82 Å². The van der Waals surface area contributed by atoms with E-state index in [1.807, 2.05) is 7.05 Å². The van der Waals surface area contributed by atoms with Gasteiger partial charge in [0.05, 0.1) is 12.7 Å².